The van der Waals surface area contributed by atoms with Gasteiger partial charge in [-0.25, -0.2) is 5.10 Å². The number of hydrogen-bond acceptors (Lipinski definition) is 6. The van der Waals surface area contributed by atoms with E-state index in [0.717, 1.165) is 0 Å². The van der Waals surface area contributed by atoms with E-state index in [4.69, 9.17) is 9.15 Å². The van der Waals surface area contributed by atoms with E-state index in [0.29, 0.717) is 54.0 Å². The number of furan rings is 1. The standard InChI is InChI=1S/C24H20N4O5/c29-21-18-7-1-2-8-19(18)22(26-25-21)33-17-6-3-5-16(15-17)23(30)27-10-12-28(13-11-27)24(31)20-9-4-14-32-20/h1-9,14-15H,10-13H2,(H,25,29). The van der Waals surface area contributed by atoms with Crippen LogP contribution in [0.5, 0.6) is 11.6 Å². The molecule has 33 heavy (non-hydrogen) atoms. The van der Waals surface area contributed by atoms with E-state index < -0.39 is 0 Å². The molecule has 9 nitrogen and oxygen atoms in total. The molecule has 2 aromatic carbocycles. The van der Waals surface area contributed by atoms with Gasteiger partial charge >= 0.3 is 0 Å². The fraction of sp³-hybridized carbons (Fsp3) is 0.167. The molecule has 0 radical (unpaired) electrons. The smallest absolute Gasteiger partial charge is 0.289 e. The van der Waals surface area contributed by atoms with Gasteiger partial charge < -0.3 is 19.0 Å². The van der Waals surface area contributed by atoms with Crippen LogP contribution >= 0.6 is 0 Å². The Morgan fingerprint density at radius 3 is 2.33 bits per heavy atom. The Hall–Kier alpha value is -4.40. The Bertz CT molecular complexity index is 1370. The zero-order chi connectivity index (χ0) is 22.8. The molecular formula is C24H20N4O5. The first-order chi connectivity index (χ1) is 16.1. The second-order valence-electron chi connectivity index (χ2n) is 7.60. The summed E-state index contributed by atoms with van der Waals surface area (Å²) in [7, 11) is 0. The van der Waals surface area contributed by atoms with Crippen molar-refractivity contribution in [2.45, 2.75) is 0 Å². The van der Waals surface area contributed by atoms with Crippen molar-refractivity contribution in [2.24, 2.45) is 0 Å². The molecule has 0 spiro atoms. The molecule has 9 heteroatoms. The molecule has 1 aliphatic rings. The monoisotopic (exact) mass is 444 g/mol. The van der Waals surface area contributed by atoms with E-state index in [2.05, 4.69) is 10.2 Å². The molecule has 0 bridgehead atoms. The summed E-state index contributed by atoms with van der Waals surface area (Å²) in [6, 6.07) is 17.1. The minimum Gasteiger partial charge on any atom is -0.459 e. The predicted molar refractivity (Wildman–Crippen MR) is 119 cm³/mol. The molecular weight excluding hydrogens is 424 g/mol. The van der Waals surface area contributed by atoms with Crippen LogP contribution in [0.1, 0.15) is 20.9 Å². The van der Waals surface area contributed by atoms with Gasteiger partial charge in [0.15, 0.2) is 5.76 Å². The molecule has 166 valence electrons. The summed E-state index contributed by atoms with van der Waals surface area (Å²) in [5.41, 5.74) is 0.165. The number of carbonyl (C=O) groups excluding carboxylic acids is 2. The number of benzene rings is 2. The second kappa shape index (κ2) is 8.62. The molecule has 0 aliphatic carbocycles. The number of carbonyl (C=O) groups is 2. The number of fused-ring (bicyclic) bond motifs is 1. The SMILES string of the molecule is O=C(c1cccc(Oc2n[nH]c(=O)c3ccccc23)c1)N1CCN(C(=O)c2ccco2)CC1. The van der Waals surface area contributed by atoms with Gasteiger partial charge in [0.2, 0.25) is 5.88 Å². The summed E-state index contributed by atoms with van der Waals surface area (Å²) in [5, 5.41) is 7.49. The van der Waals surface area contributed by atoms with Crippen LogP contribution in [0.4, 0.5) is 0 Å². The van der Waals surface area contributed by atoms with Crippen LogP contribution in [0.25, 0.3) is 10.8 Å². The lowest BCUT2D eigenvalue weighted by atomic mass is 10.1. The van der Waals surface area contributed by atoms with E-state index in [1.165, 1.54) is 6.26 Å². The maximum absolute atomic E-state index is 13.1. The fourth-order valence-corrected chi connectivity index (χ4v) is 3.82. The number of rotatable bonds is 4. The number of aromatic amines is 1. The van der Waals surface area contributed by atoms with E-state index in [9.17, 15) is 14.4 Å². The van der Waals surface area contributed by atoms with Crippen LogP contribution in [0.15, 0.2) is 76.1 Å². The number of H-pyrrole nitrogens is 1. The van der Waals surface area contributed by atoms with Crippen molar-refractivity contribution in [3.05, 3.63) is 88.6 Å². The van der Waals surface area contributed by atoms with Crippen molar-refractivity contribution in [1.82, 2.24) is 20.0 Å². The van der Waals surface area contributed by atoms with E-state index in [1.54, 1.807) is 70.5 Å². The van der Waals surface area contributed by atoms with Crippen molar-refractivity contribution in [2.75, 3.05) is 26.2 Å². The van der Waals surface area contributed by atoms with Gasteiger partial charge in [0.25, 0.3) is 17.4 Å². The summed E-state index contributed by atoms with van der Waals surface area (Å²) in [6.07, 6.45) is 1.47. The molecule has 4 aromatic rings. The third-order valence-corrected chi connectivity index (χ3v) is 5.54. The number of nitrogens with one attached hydrogen (secondary N) is 1. The number of aromatic nitrogens is 2. The van der Waals surface area contributed by atoms with Crippen molar-refractivity contribution >= 4 is 22.6 Å². The highest BCUT2D eigenvalue weighted by Gasteiger charge is 2.26. The Morgan fingerprint density at radius 1 is 0.879 bits per heavy atom. The van der Waals surface area contributed by atoms with Crippen molar-refractivity contribution < 1.29 is 18.7 Å². The average Bonchev–Trinajstić information content (AvgIpc) is 3.40. The quantitative estimate of drug-likeness (QED) is 0.519. The number of piperazine rings is 1. The average molecular weight is 444 g/mol. The van der Waals surface area contributed by atoms with Crippen LogP contribution in [0.2, 0.25) is 0 Å². The van der Waals surface area contributed by atoms with Crippen LogP contribution < -0.4 is 10.3 Å². The number of hydrogen-bond donors (Lipinski definition) is 1. The van der Waals surface area contributed by atoms with Gasteiger partial charge in [0.05, 0.1) is 17.0 Å². The Morgan fingerprint density at radius 2 is 1.61 bits per heavy atom. The molecule has 1 saturated heterocycles. The van der Waals surface area contributed by atoms with Crippen LogP contribution in [0, 0.1) is 0 Å². The van der Waals surface area contributed by atoms with Gasteiger partial charge in [-0.2, -0.15) is 0 Å². The lowest BCUT2D eigenvalue weighted by molar-refractivity contribution is 0.0518. The lowest BCUT2D eigenvalue weighted by Crippen LogP contribution is -2.50. The normalized spacial score (nSPS) is 13.8. The molecule has 2 aromatic heterocycles. The Kier molecular flexibility index (Phi) is 5.35. The minimum atomic E-state index is -0.299. The van der Waals surface area contributed by atoms with Gasteiger partial charge in [-0.05, 0) is 42.5 Å². The molecule has 1 N–H and O–H groups in total. The van der Waals surface area contributed by atoms with E-state index in [1.807, 2.05) is 0 Å². The van der Waals surface area contributed by atoms with Gasteiger partial charge in [0.1, 0.15) is 5.75 Å². The first-order valence-corrected chi connectivity index (χ1v) is 10.5. The zero-order valence-electron chi connectivity index (χ0n) is 17.6. The lowest BCUT2D eigenvalue weighted by Gasteiger charge is -2.34. The summed E-state index contributed by atoms with van der Waals surface area (Å²) in [6.45, 7) is 1.69. The molecule has 3 heterocycles. The van der Waals surface area contributed by atoms with Crippen LogP contribution in [0.3, 0.4) is 0 Å². The second-order valence-corrected chi connectivity index (χ2v) is 7.60. The molecule has 1 aliphatic heterocycles. The van der Waals surface area contributed by atoms with Gasteiger partial charge in [-0.1, -0.05) is 18.2 Å². The Balaban J connectivity index is 1.29. The highest BCUT2D eigenvalue weighted by molar-refractivity contribution is 5.95. The Labute approximate surface area is 188 Å². The molecule has 0 unspecified atom stereocenters. The minimum absolute atomic E-state index is 0.148. The first-order valence-electron chi connectivity index (χ1n) is 10.5. The summed E-state index contributed by atoms with van der Waals surface area (Å²) in [5.74, 6) is 0.646. The fourth-order valence-electron chi connectivity index (χ4n) is 3.82. The number of ether oxygens (including phenoxy) is 1. The van der Waals surface area contributed by atoms with Gasteiger partial charge in [0, 0.05) is 31.7 Å². The van der Waals surface area contributed by atoms with E-state index in [-0.39, 0.29) is 23.3 Å². The topological polar surface area (TPSA) is 109 Å². The predicted octanol–water partition coefficient (Wildman–Crippen LogP) is 2.91. The molecule has 1 fully saturated rings. The first kappa shape index (κ1) is 20.5. The summed E-state index contributed by atoms with van der Waals surface area (Å²) in [4.78, 5) is 40.8. The van der Waals surface area contributed by atoms with Crippen LogP contribution in [-0.4, -0.2) is 58.0 Å². The van der Waals surface area contributed by atoms with E-state index >= 15 is 0 Å². The summed E-state index contributed by atoms with van der Waals surface area (Å²) < 4.78 is 11.1. The van der Waals surface area contributed by atoms with Gasteiger partial charge in [-0.15, -0.1) is 5.10 Å². The van der Waals surface area contributed by atoms with Crippen molar-refractivity contribution in [1.29, 1.82) is 0 Å². The largest absolute Gasteiger partial charge is 0.459 e. The number of amides is 2. The third-order valence-electron chi connectivity index (χ3n) is 5.54. The molecule has 0 saturated carbocycles. The van der Waals surface area contributed by atoms with Crippen molar-refractivity contribution in [3.63, 3.8) is 0 Å². The zero-order valence-corrected chi connectivity index (χ0v) is 17.6. The highest BCUT2D eigenvalue weighted by atomic mass is 16.5. The maximum Gasteiger partial charge on any atom is 0.289 e. The van der Waals surface area contributed by atoms with Crippen molar-refractivity contribution in [3.8, 4) is 11.6 Å². The van der Waals surface area contributed by atoms with Crippen LogP contribution in [-0.2, 0) is 0 Å². The number of nitrogens with zero attached hydrogens (tertiary/aromatic N) is 3. The maximum atomic E-state index is 13.1. The van der Waals surface area contributed by atoms with Gasteiger partial charge in [-0.3, -0.25) is 14.4 Å². The third kappa shape index (κ3) is 4.08. The molecule has 2 amide bonds. The molecule has 0 atom stereocenters. The summed E-state index contributed by atoms with van der Waals surface area (Å²) >= 11 is 0. The molecule has 5 rings (SSSR count). The highest BCUT2D eigenvalue weighted by Crippen LogP contribution is 2.26.